The quantitative estimate of drug-likeness (QED) is 0.394. The van der Waals surface area contributed by atoms with Gasteiger partial charge in [0.15, 0.2) is 11.5 Å². The van der Waals surface area contributed by atoms with Crippen molar-refractivity contribution in [2.75, 3.05) is 13.7 Å². The van der Waals surface area contributed by atoms with Gasteiger partial charge in [-0.3, -0.25) is 13.8 Å². The van der Waals surface area contributed by atoms with Crippen LogP contribution in [0.4, 0.5) is 0 Å². The highest BCUT2D eigenvalue weighted by atomic mass is 32.3. The molecule has 1 aromatic rings. The van der Waals surface area contributed by atoms with Crippen molar-refractivity contribution in [3.05, 3.63) is 23.7 Å². The molecule has 136 valence electrons. The van der Waals surface area contributed by atoms with Gasteiger partial charge >= 0.3 is 10.4 Å². The Morgan fingerprint density at radius 3 is 2.46 bits per heavy atom. The van der Waals surface area contributed by atoms with E-state index in [2.05, 4.69) is 8.37 Å². The highest BCUT2D eigenvalue weighted by Gasteiger charge is 2.13. The fourth-order valence-electron chi connectivity index (χ4n) is 2.03. The molecule has 0 aliphatic rings. The molecule has 0 atom stereocenters. The molecule has 1 aromatic heterocycles. The second-order valence-electron chi connectivity index (χ2n) is 5.29. The number of aryl methyl sites for hydroxylation is 1. The first-order valence-electron chi connectivity index (χ1n) is 7.96. The Bertz CT molecular complexity index is 631. The zero-order valence-corrected chi connectivity index (χ0v) is 14.9. The van der Waals surface area contributed by atoms with E-state index in [9.17, 15) is 18.0 Å². The van der Waals surface area contributed by atoms with Gasteiger partial charge in [-0.05, 0) is 25.0 Å². The largest absolute Gasteiger partial charge is 0.458 e. The number of rotatable bonds is 13. The molecule has 0 bridgehead atoms. The van der Waals surface area contributed by atoms with Gasteiger partial charge in [-0.25, -0.2) is 4.18 Å². The summed E-state index contributed by atoms with van der Waals surface area (Å²) in [5.74, 6) is 0.899. The number of carbonyl (C=O) groups is 2. The van der Waals surface area contributed by atoms with Crippen molar-refractivity contribution in [2.24, 2.45) is 0 Å². The molecule has 1 rings (SSSR count). The Morgan fingerprint density at radius 2 is 1.83 bits per heavy atom. The van der Waals surface area contributed by atoms with Crippen molar-refractivity contribution >= 4 is 22.0 Å². The smallest absolute Gasteiger partial charge is 0.399 e. The molecule has 0 unspecified atom stereocenters. The van der Waals surface area contributed by atoms with Crippen LogP contribution in [0.2, 0.25) is 0 Å². The lowest BCUT2D eigenvalue weighted by atomic mass is 10.1. The van der Waals surface area contributed by atoms with E-state index in [-0.39, 0.29) is 31.0 Å². The van der Waals surface area contributed by atoms with Gasteiger partial charge < -0.3 is 4.42 Å². The van der Waals surface area contributed by atoms with Crippen LogP contribution < -0.4 is 0 Å². The number of Topliss-reactive ketones (excluding diaryl/α,β-unsaturated/α-hetero) is 2. The van der Waals surface area contributed by atoms with E-state index in [4.69, 9.17) is 4.42 Å². The lowest BCUT2D eigenvalue weighted by Gasteiger charge is -2.03. The normalized spacial score (nSPS) is 11.6. The summed E-state index contributed by atoms with van der Waals surface area (Å²) in [5.41, 5.74) is 0. The molecule has 0 fully saturated rings. The molecule has 7 nitrogen and oxygen atoms in total. The summed E-state index contributed by atoms with van der Waals surface area (Å²) in [5, 5.41) is 0. The van der Waals surface area contributed by atoms with Gasteiger partial charge in [-0.15, -0.1) is 0 Å². The fourth-order valence-corrected chi connectivity index (χ4v) is 2.45. The summed E-state index contributed by atoms with van der Waals surface area (Å²) >= 11 is 0. The molecule has 24 heavy (non-hydrogen) atoms. The van der Waals surface area contributed by atoms with Crippen molar-refractivity contribution in [1.82, 2.24) is 0 Å². The maximum atomic E-state index is 11.9. The third kappa shape index (κ3) is 7.85. The Balaban J connectivity index is 2.13. The maximum Gasteiger partial charge on any atom is 0.399 e. The molecular weight excluding hydrogens is 336 g/mol. The second-order valence-corrected chi connectivity index (χ2v) is 6.67. The SMILES string of the molecule is CCc1ccc(C(=O)CCC(=O)CCCCCOS(=O)(=O)OC)o1. The van der Waals surface area contributed by atoms with E-state index >= 15 is 0 Å². The Morgan fingerprint density at radius 1 is 1.08 bits per heavy atom. The van der Waals surface area contributed by atoms with Crippen LogP contribution in [0.15, 0.2) is 16.5 Å². The monoisotopic (exact) mass is 360 g/mol. The third-order valence-corrected chi connectivity index (χ3v) is 4.31. The molecule has 0 N–H and O–H groups in total. The van der Waals surface area contributed by atoms with Gasteiger partial charge in [-0.2, -0.15) is 8.42 Å². The van der Waals surface area contributed by atoms with E-state index in [1.807, 2.05) is 6.92 Å². The molecule has 0 spiro atoms. The van der Waals surface area contributed by atoms with Gasteiger partial charge in [0, 0.05) is 25.7 Å². The van der Waals surface area contributed by atoms with Gasteiger partial charge in [-0.1, -0.05) is 13.3 Å². The first kappa shape index (κ1) is 20.5. The molecule has 0 aliphatic heterocycles. The van der Waals surface area contributed by atoms with Crippen molar-refractivity contribution in [3.8, 4) is 0 Å². The molecule has 0 amide bonds. The third-order valence-electron chi connectivity index (χ3n) is 3.45. The maximum absolute atomic E-state index is 11.9. The van der Waals surface area contributed by atoms with E-state index < -0.39 is 10.4 Å². The van der Waals surface area contributed by atoms with Crippen LogP contribution in [-0.2, 0) is 30.0 Å². The summed E-state index contributed by atoms with van der Waals surface area (Å²) in [4.78, 5) is 23.6. The summed E-state index contributed by atoms with van der Waals surface area (Å²) in [6.07, 6.45) is 3.23. The first-order valence-corrected chi connectivity index (χ1v) is 9.30. The zero-order chi connectivity index (χ0) is 18.0. The number of hydrogen-bond donors (Lipinski definition) is 0. The minimum absolute atomic E-state index is 0.0102. The summed E-state index contributed by atoms with van der Waals surface area (Å²) in [6, 6.07) is 3.40. The van der Waals surface area contributed by atoms with Gasteiger partial charge in [0.05, 0.1) is 13.7 Å². The van der Waals surface area contributed by atoms with Crippen molar-refractivity contribution in [3.63, 3.8) is 0 Å². The Kier molecular flexibility index (Phi) is 8.88. The molecule has 0 saturated heterocycles. The van der Waals surface area contributed by atoms with Gasteiger partial charge in [0.25, 0.3) is 0 Å². The van der Waals surface area contributed by atoms with Crippen LogP contribution in [0.25, 0.3) is 0 Å². The van der Waals surface area contributed by atoms with Crippen molar-refractivity contribution < 1.29 is 30.8 Å². The van der Waals surface area contributed by atoms with E-state index in [0.717, 1.165) is 19.3 Å². The predicted octanol–water partition coefficient (Wildman–Crippen LogP) is 2.84. The minimum atomic E-state index is -3.88. The standard InChI is InChI=1S/C16H24O7S/c1-3-14-9-11-16(23-14)15(18)10-8-13(17)7-5-4-6-12-22-24(19,20)21-2/h9,11H,3-8,10,12H2,1-2H3. The Hall–Kier alpha value is -1.51. The number of furan rings is 1. The van der Waals surface area contributed by atoms with E-state index in [0.29, 0.717) is 31.4 Å². The molecule has 8 heteroatoms. The van der Waals surface area contributed by atoms with Crippen LogP contribution in [0.1, 0.15) is 61.8 Å². The average molecular weight is 360 g/mol. The van der Waals surface area contributed by atoms with Crippen LogP contribution in [0.3, 0.4) is 0 Å². The highest BCUT2D eigenvalue weighted by molar-refractivity contribution is 7.81. The van der Waals surface area contributed by atoms with Crippen molar-refractivity contribution in [2.45, 2.75) is 51.9 Å². The fraction of sp³-hybridized carbons (Fsp3) is 0.625. The molecule has 1 heterocycles. The lowest BCUT2D eigenvalue weighted by molar-refractivity contribution is -0.119. The highest BCUT2D eigenvalue weighted by Crippen LogP contribution is 2.13. The molecule has 0 aliphatic carbocycles. The van der Waals surface area contributed by atoms with Crippen LogP contribution in [0.5, 0.6) is 0 Å². The van der Waals surface area contributed by atoms with Crippen LogP contribution in [0, 0.1) is 0 Å². The van der Waals surface area contributed by atoms with Gasteiger partial charge in [0.1, 0.15) is 11.5 Å². The molecule has 0 saturated carbocycles. The summed E-state index contributed by atoms with van der Waals surface area (Å²) in [7, 11) is -2.85. The first-order chi connectivity index (χ1) is 11.4. The average Bonchev–Trinajstić information content (AvgIpc) is 3.05. The number of carbonyl (C=O) groups excluding carboxylic acids is 2. The van der Waals surface area contributed by atoms with Crippen molar-refractivity contribution in [1.29, 1.82) is 0 Å². The second kappa shape index (κ2) is 10.4. The van der Waals surface area contributed by atoms with Crippen LogP contribution >= 0.6 is 0 Å². The number of unbranched alkanes of at least 4 members (excludes halogenated alkanes) is 2. The molecule has 0 radical (unpaired) electrons. The van der Waals surface area contributed by atoms with Gasteiger partial charge in [0.2, 0.25) is 0 Å². The lowest BCUT2D eigenvalue weighted by Crippen LogP contribution is -2.08. The Labute approximate surface area is 142 Å². The topological polar surface area (TPSA) is 99.9 Å². The zero-order valence-electron chi connectivity index (χ0n) is 14.1. The summed E-state index contributed by atoms with van der Waals surface area (Å²) in [6.45, 7) is 1.97. The summed E-state index contributed by atoms with van der Waals surface area (Å²) < 4.78 is 35.8. The van der Waals surface area contributed by atoms with Crippen LogP contribution in [-0.4, -0.2) is 33.7 Å². The molecule has 0 aromatic carbocycles. The number of hydrogen-bond acceptors (Lipinski definition) is 7. The number of ketones is 2. The van der Waals surface area contributed by atoms with E-state index in [1.165, 1.54) is 0 Å². The van der Waals surface area contributed by atoms with E-state index in [1.54, 1.807) is 12.1 Å². The minimum Gasteiger partial charge on any atom is -0.458 e. The predicted molar refractivity (Wildman–Crippen MR) is 87.0 cm³/mol. The molecular formula is C16H24O7S.